The molecule has 0 bridgehead atoms. The molecule has 1 aliphatic rings. The maximum Gasteiger partial charge on any atom is 0.225 e. The first-order valence-electron chi connectivity index (χ1n) is 10.8. The van der Waals surface area contributed by atoms with Crippen molar-refractivity contribution in [2.75, 3.05) is 33.2 Å². The molecule has 1 atom stereocenters. The molecule has 5 nitrogen and oxygen atoms in total. The van der Waals surface area contributed by atoms with E-state index in [2.05, 4.69) is 72.7 Å². The maximum atomic E-state index is 12.5. The molecule has 1 saturated heterocycles. The van der Waals surface area contributed by atoms with Gasteiger partial charge in [-0.25, -0.2) is 0 Å². The molecular formula is C25H33N3O2. The summed E-state index contributed by atoms with van der Waals surface area (Å²) in [4.78, 5) is 28.9. The van der Waals surface area contributed by atoms with Crippen molar-refractivity contribution in [3.05, 3.63) is 71.3 Å². The predicted molar refractivity (Wildman–Crippen MR) is 120 cm³/mol. The first kappa shape index (κ1) is 22.0. The van der Waals surface area contributed by atoms with E-state index < -0.39 is 0 Å². The Morgan fingerprint density at radius 2 is 1.83 bits per heavy atom. The van der Waals surface area contributed by atoms with Gasteiger partial charge in [0.25, 0.3) is 0 Å². The van der Waals surface area contributed by atoms with Gasteiger partial charge in [-0.05, 0) is 44.5 Å². The predicted octanol–water partition coefficient (Wildman–Crippen LogP) is 3.02. The van der Waals surface area contributed by atoms with Crippen molar-refractivity contribution in [2.45, 2.75) is 32.7 Å². The largest absolute Gasteiger partial charge is 0.356 e. The van der Waals surface area contributed by atoms with Crippen LogP contribution < -0.4 is 5.32 Å². The lowest BCUT2D eigenvalue weighted by atomic mass is 10.1. The number of likely N-dealkylation sites (tertiary alicyclic amines) is 1. The van der Waals surface area contributed by atoms with Crippen molar-refractivity contribution < 1.29 is 9.59 Å². The van der Waals surface area contributed by atoms with Gasteiger partial charge < -0.3 is 15.1 Å². The summed E-state index contributed by atoms with van der Waals surface area (Å²) < 4.78 is 0. The fourth-order valence-corrected chi connectivity index (χ4v) is 3.86. The molecule has 1 N–H and O–H groups in total. The zero-order valence-corrected chi connectivity index (χ0v) is 18.1. The summed E-state index contributed by atoms with van der Waals surface area (Å²) in [5.41, 5.74) is 3.75. The molecule has 0 aromatic heterocycles. The quantitative estimate of drug-likeness (QED) is 0.616. The van der Waals surface area contributed by atoms with E-state index >= 15 is 0 Å². The number of amides is 2. The number of nitrogens with zero attached hydrogens (tertiary/aromatic N) is 2. The summed E-state index contributed by atoms with van der Waals surface area (Å²) in [6.45, 7) is 5.74. The second-order valence-corrected chi connectivity index (χ2v) is 8.34. The number of nitrogens with one attached hydrogen (secondary N) is 1. The van der Waals surface area contributed by atoms with Crippen LogP contribution in [0.1, 0.15) is 29.5 Å². The highest BCUT2D eigenvalue weighted by molar-refractivity contribution is 5.89. The molecule has 2 aromatic carbocycles. The Hall–Kier alpha value is -2.66. The molecule has 0 unspecified atom stereocenters. The van der Waals surface area contributed by atoms with Gasteiger partial charge in [0.1, 0.15) is 0 Å². The zero-order chi connectivity index (χ0) is 21.3. The number of benzene rings is 2. The lowest BCUT2D eigenvalue weighted by molar-refractivity contribution is -0.129. The number of hydrogen-bond donors (Lipinski definition) is 1. The van der Waals surface area contributed by atoms with Crippen LogP contribution in [-0.4, -0.2) is 54.8 Å². The van der Waals surface area contributed by atoms with Crippen LogP contribution in [0, 0.1) is 12.8 Å². The second kappa shape index (κ2) is 10.9. The van der Waals surface area contributed by atoms with Gasteiger partial charge >= 0.3 is 0 Å². The van der Waals surface area contributed by atoms with E-state index in [0.717, 1.165) is 25.9 Å². The van der Waals surface area contributed by atoms with Crippen molar-refractivity contribution >= 4 is 11.8 Å². The summed E-state index contributed by atoms with van der Waals surface area (Å²) in [6.07, 6.45) is 2.05. The molecule has 2 aromatic rings. The third kappa shape index (κ3) is 6.70. The molecule has 0 aliphatic carbocycles. The summed E-state index contributed by atoms with van der Waals surface area (Å²) in [7, 11) is 2.09. The van der Waals surface area contributed by atoms with Gasteiger partial charge in [0.2, 0.25) is 11.8 Å². The van der Waals surface area contributed by atoms with E-state index in [4.69, 9.17) is 0 Å². The van der Waals surface area contributed by atoms with Crippen LogP contribution >= 0.6 is 0 Å². The summed E-state index contributed by atoms with van der Waals surface area (Å²) in [5, 5.41) is 3.02. The van der Waals surface area contributed by atoms with Gasteiger partial charge in [-0.3, -0.25) is 9.59 Å². The average Bonchev–Trinajstić information content (AvgIpc) is 3.12. The third-order valence-electron chi connectivity index (χ3n) is 5.69. The Morgan fingerprint density at radius 3 is 2.57 bits per heavy atom. The normalized spacial score (nSPS) is 16.3. The van der Waals surface area contributed by atoms with Crippen LogP contribution in [0.2, 0.25) is 0 Å². The monoisotopic (exact) mass is 407 g/mol. The summed E-state index contributed by atoms with van der Waals surface area (Å²) in [5.74, 6) is -0.130. The molecule has 1 aliphatic heterocycles. The Kier molecular flexibility index (Phi) is 8.03. The molecule has 1 heterocycles. The second-order valence-electron chi connectivity index (χ2n) is 8.34. The highest BCUT2D eigenvalue weighted by Crippen LogP contribution is 2.18. The highest BCUT2D eigenvalue weighted by atomic mass is 16.2. The number of carbonyl (C=O) groups excluding carboxylic acids is 2. The fraction of sp³-hybridized carbons (Fsp3) is 0.440. The Balaban J connectivity index is 1.33. The number of aryl methyl sites for hydroxylation is 1. The summed E-state index contributed by atoms with van der Waals surface area (Å²) >= 11 is 0. The van der Waals surface area contributed by atoms with E-state index in [1.165, 1.54) is 16.7 Å². The SMILES string of the molecule is Cc1ccc(CCN2C[C@H](C(=O)NCCCN(C)Cc3ccccc3)CC2=O)cc1. The van der Waals surface area contributed by atoms with Crippen LogP contribution in [0.15, 0.2) is 54.6 Å². The van der Waals surface area contributed by atoms with Crippen LogP contribution in [0.5, 0.6) is 0 Å². The zero-order valence-electron chi connectivity index (χ0n) is 18.1. The Bertz CT molecular complexity index is 820. The molecule has 30 heavy (non-hydrogen) atoms. The van der Waals surface area contributed by atoms with Crippen LogP contribution in [0.4, 0.5) is 0 Å². The molecule has 5 heteroatoms. The third-order valence-corrected chi connectivity index (χ3v) is 5.69. The molecule has 160 valence electrons. The lowest BCUT2D eigenvalue weighted by Gasteiger charge is -2.18. The van der Waals surface area contributed by atoms with Gasteiger partial charge in [0.15, 0.2) is 0 Å². The minimum atomic E-state index is -0.224. The lowest BCUT2D eigenvalue weighted by Crippen LogP contribution is -2.35. The number of hydrogen-bond acceptors (Lipinski definition) is 3. The van der Waals surface area contributed by atoms with Gasteiger partial charge in [-0.2, -0.15) is 0 Å². The van der Waals surface area contributed by atoms with Crippen molar-refractivity contribution in [3.8, 4) is 0 Å². The van der Waals surface area contributed by atoms with E-state index in [9.17, 15) is 9.59 Å². The smallest absolute Gasteiger partial charge is 0.225 e. The van der Waals surface area contributed by atoms with Crippen LogP contribution in [-0.2, 0) is 22.6 Å². The minimum absolute atomic E-state index is 0.00639. The average molecular weight is 408 g/mol. The molecular weight excluding hydrogens is 374 g/mol. The molecule has 1 fully saturated rings. The van der Waals surface area contributed by atoms with Crippen molar-refractivity contribution in [1.29, 1.82) is 0 Å². The molecule has 0 saturated carbocycles. The highest BCUT2D eigenvalue weighted by Gasteiger charge is 2.33. The molecule has 2 amide bonds. The van der Waals surface area contributed by atoms with E-state index in [0.29, 0.717) is 26.1 Å². The maximum absolute atomic E-state index is 12.5. The van der Waals surface area contributed by atoms with Crippen LogP contribution in [0.25, 0.3) is 0 Å². The molecule has 3 rings (SSSR count). The van der Waals surface area contributed by atoms with Crippen molar-refractivity contribution in [2.24, 2.45) is 5.92 Å². The van der Waals surface area contributed by atoms with Gasteiger partial charge in [-0.1, -0.05) is 60.2 Å². The fourth-order valence-electron chi connectivity index (χ4n) is 3.86. The standard InChI is InChI=1S/C25H33N3O2/c1-20-9-11-21(12-10-20)13-16-28-19-23(17-24(28)29)25(30)26-14-6-15-27(2)18-22-7-4-3-5-8-22/h3-5,7-12,23H,6,13-19H2,1-2H3,(H,26,30)/t23-/m1/s1. The summed E-state index contributed by atoms with van der Waals surface area (Å²) in [6, 6.07) is 18.8. The molecule has 0 spiro atoms. The Morgan fingerprint density at radius 1 is 1.10 bits per heavy atom. The first-order valence-corrected chi connectivity index (χ1v) is 10.8. The minimum Gasteiger partial charge on any atom is -0.356 e. The first-order chi connectivity index (χ1) is 14.5. The van der Waals surface area contributed by atoms with E-state index in [-0.39, 0.29) is 17.7 Å². The van der Waals surface area contributed by atoms with Crippen molar-refractivity contribution in [3.63, 3.8) is 0 Å². The van der Waals surface area contributed by atoms with Gasteiger partial charge in [-0.15, -0.1) is 0 Å². The van der Waals surface area contributed by atoms with Crippen molar-refractivity contribution in [1.82, 2.24) is 15.1 Å². The molecule has 0 radical (unpaired) electrons. The Labute approximate surface area is 180 Å². The van der Waals surface area contributed by atoms with Gasteiger partial charge in [0, 0.05) is 32.6 Å². The van der Waals surface area contributed by atoms with Gasteiger partial charge in [0.05, 0.1) is 5.92 Å². The number of carbonyl (C=O) groups is 2. The topological polar surface area (TPSA) is 52.7 Å². The van der Waals surface area contributed by atoms with E-state index in [1.54, 1.807) is 0 Å². The number of rotatable bonds is 10. The van der Waals surface area contributed by atoms with E-state index in [1.807, 2.05) is 11.0 Å². The van der Waals surface area contributed by atoms with Crippen LogP contribution in [0.3, 0.4) is 0 Å².